The summed E-state index contributed by atoms with van der Waals surface area (Å²) < 4.78 is 6.57. The summed E-state index contributed by atoms with van der Waals surface area (Å²) in [5, 5.41) is 18.9. The number of aliphatic hydroxyl groups is 1. The normalized spacial score (nSPS) is 28.0. The van der Waals surface area contributed by atoms with Gasteiger partial charge in [0.1, 0.15) is 18.2 Å². The van der Waals surface area contributed by atoms with E-state index in [0.29, 0.717) is 24.8 Å². The number of carbonyl (C=O) groups is 3. The van der Waals surface area contributed by atoms with Crippen molar-refractivity contribution < 1.29 is 24.2 Å². The number of ether oxygens (including phenoxy) is 1. The van der Waals surface area contributed by atoms with Gasteiger partial charge in [-0.1, -0.05) is 59.3 Å². The van der Waals surface area contributed by atoms with Crippen LogP contribution in [0.25, 0.3) is 11.0 Å². The predicted octanol–water partition coefficient (Wildman–Crippen LogP) is 4.17. The highest BCUT2D eigenvalue weighted by Crippen LogP contribution is 2.68. The summed E-state index contributed by atoms with van der Waals surface area (Å²) in [6.07, 6.45) is 6.99. The summed E-state index contributed by atoms with van der Waals surface area (Å²) >= 11 is 5.37. The van der Waals surface area contributed by atoms with Crippen molar-refractivity contribution in [3.05, 3.63) is 49.6 Å². The fourth-order valence-electron chi connectivity index (χ4n) is 7.22. The summed E-state index contributed by atoms with van der Waals surface area (Å²) in [6.45, 7) is 12.0. The number of fused-ring (bicyclic) bond motifs is 2. The molecular formula is C32H42BrN5O5S. The number of hydrogen-bond acceptors (Lipinski definition) is 8. The number of alkyl halides is 1. The molecule has 3 saturated heterocycles. The molecule has 2 bridgehead atoms. The molecule has 0 aliphatic carbocycles. The molecule has 12 heteroatoms. The van der Waals surface area contributed by atoms with Gasteiger partial charge in [-0.15, -0.1) is 30.0 Å². The summed E-state index contributed by atoms with van der Waals surface area (Å²) in [5.41, 5.74) is 1.50. The van der Waals surface area contributed by atoms with Crippen LogP contribution in [0.1, 0.15) is 46.0 Å². The van der Waals surface area contributed by atoms with Crippen molar-refractivity contribution in [1.82, 2.24) is 24.8 Å². The van der Waals surface area contributed by atoms with Crippen molar-refractivity contribution >= 4 is 56.5 Å². The molecule has 3 fully saturated rings. The molecule has 7 atom stereocenters. The zero-order valence-corrected chi connectivity index (χ0v) is 27.8. The number of benzene rings is 1. The smallest absolute Gasteiger partial charge is 0.310 e. The number of carbonyl (C=O) groups excluding carboxylic acids is 3. The Bertz CT molecular complexity index is 1400. The Morgan fingerprint density at radius 3 is 2.75 bits per heavy atom. The lowest BCUT2D eigenvalue weighted by Crippen LogP contribution is -2.58. The summed E-state index contributed by atoms with van der Waals surface area (Å²) in [7, 11) is 0. The monoisotopic (exact) mass is 687 g/mol. The molecule has 1 aromatic carbocycles. The molecule has 4 heterocycles. The van der Waals surface area contributed by atoms with Crippen LogP contribution in [0, 0.1) is 17.8 Å². The third kappa shape index (κ3) is 5.85. The lowest BCUT2D eigenvalue weighted by atomic mass is 9.71. The first-order valence-electron chi connectivity index (χ1n) is 15.4. The van der Waals surface area contributed by atoms with Crippen LogP contribution in [0.5, 0.6) is 0 Å². The number of aliphatic hydroxyl groups excluding tert-OH is 1. The first kappa shape index (κ1) is 32.7. The quantitative estimate of drug-likeness (QED) is 0.128. The largest absolute Gasteiger partial charge is 0.465 e. The fourth-order valence-corrected chi connectivity index (χ4v) is 10.8. The standard InChI is InChI=1S/C32H42BrN5O5S/c1-5-7-8-11-15-43-31(42)25-26-29(40)38(21(18-39)16-20(3)4)28(32(26)17-22(33)27(25)44-32)30(41)36(14-6-2)19-37-24-13-10-9-12-23(24)34-35-37/h5-6,9-10,12-13,20-22,25-28,39H,1-2,7-8,11,14-19H2,3-4H3/t21-,22?,25+,26+,27+,28?,32?/m1/s1. The number of thioether (sulfide) groups is 1. The molecule has 2 amide bonds. The molecule has 10 nitrogen and oxygen atoms in total. The van der Waals surface area contributed by atoms with E-state index in [-0.39, 0.29) is 60.2 Å². The summed E-state index contributed by atoms with van der Waals surface area (Å²) in [6, 6.07) is 6.08. The van der Waals surface area contributed by atoms with E-state index in [2.05, 4.69) is 39.4 Å². The summed E-state index contributed by atoms with van der Waals surface area (Å²) in [5.74, 6) is -2.14. The Morgan fingerprint density at radius 2 is 2.05 bits per heavy atom. The molecule has 3 unspecified atom stereocenters. The van der Waals surface area contributed by atoms with Gasteiger partial charge >= 0.3 is 5.97 Å². The van der Waals surface area contributed by atoms with Gasteiger partial charge in [0.2, 0.25) is 11.8 Å². The van der Waals surface area contributed by atoms with Crippen molar-refractivity contribution in [3.63, 3.8) is 0 Å². The Balaban J connectivity index is 1.51. The van der Waals surface area contributed by atoms with E-state index in [1.54, 1.807) is 32.3 Å². The first-order valence-corrected chi connectivity index (χ1v) is 17.2. The van der Waals surface area contributed by atoms with Crippen LogP contribution in [0.3, 0.4) is 0 Å². The number of aromatic nitrogens is 3. The second-order valence-electron chi connectivity index (χ2n) is 12.4. The number of allylic oxidation sites excluding steroid dienone is 1. The van der Waals surface area contributed by atoms with E-state index in [1.807, 2.05) is 44.2 Å². The Kier molecular flexibility index (Phi) is 10.2. The minimum atomic E-state index is -0.883. The van der Waals surface area contributed by atoms with Crippen molar-refractivity contribution in [2.24, 2.45) is 17.8 Å². The molecule has 3 aliphatic rings. The van der Waals surface area contributed by atoms with Crippen LogP contribution in [0.15, 0.2) is 49.6 Å². The molecule has 3 aliphatic heterocycles. The number of rotatable bonds is 15. The topological polar surface area (TPSA) is 118 Å². The third-order valence-electron chi connectivity index (χ3n) is 9.01. The number of hydrogen-bond donors (Lipinski definition) is 1. The second kappa shape index (κ2) is 13.7. The highest BCUT2D eigenvalue weighted by molar-refractivity contribution is 9.09. The molecule has 5 rings (SSSR count). The molecule has 1 aromatic heterocycles. The molecule has 0 saturated carbocycles. The summed E-state index contributed by atoms with van der Waals surface area (Å²) in [4.78, 5) is 46.2. The van der Waals surface area contributed by atoms with Crippen LogP contribution in [-0.4, -0.2) is 94.4 Å². The SMILES string of the molecule is C=CCCCCOC(=O)[C@H]1[C@H]2C(=O)N([C@@H](CO)CC(C)C)C(C(=O)N(CC=C)Cn3nnc4ccccc43)C23CC(Br)[C@@H]1S3. The molecule has 238 valence electrons. The van der Waals surface area contributed by atoms with Gasteiger partial charge in [0.25, 0.3) is 0 Å². The zero-order chi connectivity index (χ0) is 31.6. The minimum Gasteiger partial charge on any atom is -0.465 e. The maximum absolute atomic E-state index is 14.8. The first-order chi connectivity index (χ1) is 21.2. The third-order valence-corrected chi connectivity index (χ3v) is 12.2. The Hall–Kier alpha value is -2.70. The number of halogens is 1. The lowest BCUT2D eigenvalue weighted by molar-refractivity contribution is -0.154. The van der Waals surface area contributed by atoms with Gasteiger partial charge in [0.15, 0.2) is 0 Å². The fraction of sp³-hybridized carbons (Fsp3) is 0.594. The minimum absolute atomic E-state index is 0.0742. The highest BCUT2D eigenvalue weighted by atomic mass is 79.9. The number of amides is 2. The van der Waals surface area contributed by atoms with Crippen molar-refractivity contribution in [3.8, 4) is 0 Å². The van der Waals surface area contributed by atoms with Crippen molar-refractivity contribution in [1.29, 1.82) is 0 Å². The van der Waals surface area contributed by atoms with Crippen LogP contribution in [0.4, 0.5) is 0 Å². The van der Waals surface area contributed by atoms with Crippen LogP contribution >= 0.6 is 27.7 Å². The maximum atomic E-state index is 14.8. The molecule has 2 aromatic rings. The number of para-hydroxylation sites is 1. The maximum Gasteiger partial charge on any atom is 0.310 e. The van der Waals surface area contributed by atoms with E-state index < -0.39 is 28.7 Å². The number of likely N-dealkylation sites (tertiary alicyclic amines) is 1. The van der Waals surface area contributed by atoms with Crippen LogP contribution in [0.2, 0.25) is 0 Å². The van der Waals surface area contributed by atoms with E-state index in [1.165, 1.54) is 0 Å². The van der Waals surface area contributed by atoms with Gasteiger partial charge in [-0.3, -0.25) is 14.4 Å². The van der Waals surface area contributed by atoms with Gasteiger partial charge in [-0.2, -0.15) is 0 Å². The van der Waals surface area contributed by atoms with Crippen LogP contribution < -0.4 is 0 Å². The van der Waals surface area contributed by atoms with E-state index in [4.69, 9.17) is 4.74 Å². The van der Waals surface area contributed by atoms with Gasteiger partial charge in [0, 0.05) is 16.6 Å². The number of unbranched alkanes of at least 4 members (excludes halogenated alkanes) is 2. The second-order valence-corrected chi connectivity index (χ2v) is 15.1. The van der Waals surface area contributed by atoms with E-state index in [9.17, 15) is 19.5 Å². The lowest BCUT2D eigenvalue weighted by Gasteiger charge is -2.40. The number of nitrogens with zero attached hydrogens (tertiary/aromatic N) is 5. The average molecular weight is 689 g/mol. The molecule has 1 N–H and O–H groups in total. The highest BCUT2D eigenvalue weighted by Gasteiger charge is 2.76. The van der Waals surface area contributed by atoms with Crippen molar-refractivity contribution in [2.45, 2.75) is 79.5 Å². The van der Waals surface area contributed by atoms with E-state index >= 15 is 0 Å². The molecule has 44 heavy (non-hydrogen) atoms. The molecular weight excluding hydrogens is 646 g/mol. The predicted molar refractivity (Wildman–Crippen MR) is 174 cm³/mol. The van der Waals surface area contributed by atoms with Gasteiger partial charge < -0.3 is 19.6 Å². The van der Waals surface area contributed by atoms with Gasteiger partial charge in [-0.25, -0.2) is 4.68 Å². The molecule has 1 spiro atoms. The van der Waals surface area contributed by atoms with Crippen molar-refractivity contribution in [2.75, 3.05) is 19.8 Å². The Morgan fingerprint density at radius 1 is 1.27 bits per heavy atom. The molecule has 0 radical (unpaired) electrons. The van der Waals surface area contributed by atoms with E-state index in [0.717, 1.165) is 18.4 Å². The van der Waals surface area contributed by atoms with Gasteiger partial charge in [0.05, 0.1) is 41.4 Å². The zero-order valence-electron chi connectivity index (χ0n) is 25.4. The average Bonchev–Trinajstić information content (AvgIpc) is 3.72. The Labute approximate surface area is 271 Å². The van der Waals surface area contributed by atoms with Crippen LogP contribution in [-0.2, 0) is 25.8 Å². The number of esters is 1. The van der Waals surface area contributed by atoms with Gasteiger partial charge in [-0.05, 0) is 50.2 Å².